The van der Waals surface area contributed by atoms with Crippen LogP contribution in [-0.2, 0) is 0 Å². The van der Waals surface area contributed by atoms with Crippen molar-refractivity contribution in [2.45, 2.75) is 18.9 Å². The SMILES string of the molecule is NCC(c1cc(Br)c(Br)s1)N1CCN(CC2CC2)CC1. The van der Waals surface area contributed by atoms with Crippen molar-refractivity contribution in [1.82, 2.24) is 9.80 Å². The average Bonchev–Trinajstić information content (AvgIpc) is 3.19. The molecule has 0 aromatic carbocycles. The predicted octanol–water partition coefficient (Wildman–Crippen LogP) is 3.30. The van der Waals surface area contributed by atoms with Crippen molar-refractivity contribution in [1.29, 1.82) is 0 Å². The van der Waals surface area contributed by atoms with Crippen molar-refractivity contribution in [3.8, 4) is 0 Å². The minimum absolute atomic E-state index is 0.366. The van der Waals surface area contributed by atoms with E-state index in [4.69, 9.17) is 5.73 Å². The molecule has 3 rings (SSSR count). The molecule has 2 heterocycles. The van der Waals surface area contributed by atoms with Gasteiger partial charge >= 0.3 is 0 Å². The van der Waals surface area contributed by atoms with Crippen LogP contribution in [0.3, 0.4) is 0 Å². The summed E-state index contributed by atoms with van der Waals surface area (Å²) in [6, 6.07) is 2.58. The van der Waals surface area contributed by atoms with Crippen molar-refractivity contribution in [2.24, 2.45) is 11.7 Å². The van der Waals surface area contributed by atoms with Crippen molar-refractivity contribution >= 4 is 43.2 Å². The highest BCUT2D eigenvalue weighted by atomic mass is 79.9. The molecule has 0 amide bonds. The topological polar surface area (TPSA) is 32.5 Å². The van der Waals surface area contributed by atoms with Gasteiger partial charge in [-0.1, -0.05) is 0 Å². The molecule has 1 aromatic rings. The summed E-state index contributed by atoms with van der Waals surface area (Å²) in [5.41, 5.74) is 6.04. The predicted molar refractivity (Wildman–Crippen MR) is 92.3 cm³/mol. The number of thiophene rings is 1. The molecule has 20 heavy (non-hydrogen) atoms. The number of piperazine rings is 1. The zero-order valence-electron chi connectivity index (χ0n) is 11.5. The van der Waals surface area contributed by atoms with Crippen LogP contribution >= 0.6 is 43.2 Å². The molecule has 1 aromatic heterocycles. The molecule has 0 spiro atoms. The lowest BCUT2D eigenvalue weighted by atomic mass is 10.1. The Morgan fingerprint density at radius 2 is 1.95 bits per heavy atom. The van der Waals surface area contributed by atoms with E-state index in [2.05, 4.69) is 47.7 Å². The summed E-state index contributed by atoms with van der Waals surface area (Å²) in [6.07, 6.45) is 2.89. The lowest BCUT2D eigenvalue weighted by molar-refractivity contribution is 0.0968. The Balaban J connectivity index is 1.59. The fraction of sp³-hybridized carbons (Fsp3) is 0.714. The monoisotopic (exact) mass is 421 g/mol. The van der Waals surface area contributed by atoms with Gasteiger partial charge in [0.05, 0.1) is 9.83 Å². The van der Waals surface area contributed by atoms with E-state index >= 15 is 0 Å². The van der Waals surface area contributed by atoms with Crippen LogP contribution in [-0.4, -0.2) is 49.1 Å². The Morgan fingerprint density at radius 3 is 2.45 bits per heavy atom. The Hall–Kier alpha value is 0.540. The lowest BCUT2D eigenvalue weighted by Crippen LogP contribution is -2.49. The second kappa shape index (κ2) is 6.75. The van der Waals surface area contributed by atoms with Crippen LogP contribution in [0.2, 0.25) is 0 Å². The van der Waals surface area contributed by atoms with Crippen LogP contribution in [0.4, 0.5) is 0 Å². The largest absolute Gasteiger partial charge is 0.329 e. The Kier molecular flexibility index (Phi) is 5.21. The summed E-state index contributed by atoms with van der Waals surface area (Å²) in [4.78, 5) is 6.54. The van der Waals surface area contributed by atoms with Crippen LogP contribution in [0.15, 0.2) is 14.3 Å². The van der Waals surface area contributed by atoms with E-state index in [1.807, 2.05) is 0 Å². The second-order valence-corrected chi connectivity index (χ2v) is 9.06. The maximum atomic E-state index is 6.04. The maximum Gasteiger partial charge on any atom is 0.0843 e. The molecule has 1 saturated heterocycles. The molecule has 1 atom stereocenters. The molecular formula is C14H21Br2N3S. The standard InChI is InChI=1S/C14H21Br2N3S/c15-11-7-13(20-14(11)16)12(8-17)19-5-3-18(4-6-19)9-10-1-2-10/h7,10,12H,1-6,8-9,17H2. The first-order valence-corrected chi connectivity index (χ1v) is 9.69. The molecule has 1 aliphatic carbocycles. The Labute approximate surface area is 141 Å². The van der Waals surface area contributed by atoms with Crippen LogP contribution in [0.25, 0.3) is 0 Å². The minimum Gasteiger partial charge on any atom is -0.329 e. The molecule has 1 saturated carbocycles. The van der Waals surface area contributed by atoms with E-state index in [0.717, 1.165) is 23.5 Å². The van der Waals surface area contributed by atoms with Gasteiger partial charge in [-0.2, -0.15) is 0 Å². The van der Waals surface area contributed by atoms with E-state index in [1.54, 1.807) is 11.3 Å². The van der Waals surface area contributed by atoms with E-state index in [1.165, 1.54) is 41.1 Å². The van der Waals surface area contributed by atoms with E-state index in [-0.39, 0.29) is 0 Å². The fourth-order valence-electron chi connectivity index (χ4n) is 2.90. The first kappa shape index (κ1) is 15.4. The fourth-order valence-corrected chi connectivity index (χ4v) is 5.13. The summed E-state index contributed by atoms with van der Waals surface area (Å²) < 4.78 is 2.31. The zero-order valence-corrected chi connectivity index (χ0v) is 15.5. The van der Waals surface area contributed by atoms with Crippen LogP contribution in [0.5, 0.6) is 0 Å². The van der Waals surface area contributed by atoms with Crippen molar-refractivity contribution in [2.75, 3.05) is 39.3 Å². The maximum absolute atomic E-state index is 6.04. The number of rotatable bonds is 5. The number of nitrogens with two attached hydrogens (primary N) is 1. The summed E-state index contributed by atoms with van der Waals surface area (Å²) >= 11 is 8.96. The summed E-state index contributed by atoms with van der Waals surface area (Å²) in [6.45, 7) is 6.68. The molecule has 112 valence electrons. The molecule has 3 nitrogen and oxygen atoms in total. The van der Waals surface area contributed by atoms with Gasteiger partial charge in [-0.15, -0.1) is 11.3 Å². The van der Waals surface area contributed by atoms with Crippen molar-refractivity contribution in [3.05, 3.63) is 19.2 Å². The normalized spacial score (nSPS) is 23.1. The van der Waals surface area contributed by atoms with Gasteiger partial charge in [-0.3, -0.25) is 4.90 Å². The smallest absolute Gasteiger partial charge is 0.0843 e. The van der Waals surface area contributed by atoms with Gasteiger partial charge in [0.15, 0.2) is 0 Å². The highest BCUT2D eigenvalue weighted by Crippen LogP contribution is 2.37. The molecule has 6 heteroatoms. The number of hydrogen-bond donors (Lipinski definition) is 1. The molecule has 0 radical (unpaired) electrons. The molecule has 2 N–H and O–H groups in total. The Morgan fingerprint density at radius 1 is 1.25 bits per heavy atom. The first-order valence-electron chi connectivity index (χ1n) is 7.28. The zero-order chi connectivity index (χ0) is 14.1. The number of halogens is 2. The Bertz CT molecular complexity index is 434. The van der Waals surface area contributed by atoms with Crippen LogP contribution < -0.4 is 5.73 Å². The van der Waals surface area contributed by atoms with E-state index in [9.17, 15) is 0 Å². The first-order chi connectivity index (χ1) is 9.67. The van der Waals surface area contributed by atoms with Gasteiger partial charge in [-0.05, 0) is 56.7 Å². The third kappa shape index (κ3) is 3.65. The van der Waals surface area contributed by atoms with Gasteiger partial charge in [0.25, 0.3) is 0 Å². The van der Waals surface area contributed by atoms with Gasteiger partial charge in [0.2, 0.25) is 0 Å². The van der Waals surface area contributed by atoms with Gasteiger partial charge < -0.3 is 10.6 Å². The highest BCUT2D eigenvalue weighted by molar-refractivity contribution is 9.13. The molecule has 2 fully saturated rings. The third-order valence-corrected chi connectivity index (χ3v) is 7.63. The van der Waals surface area contributed by atoms with Gasteiger partial charge in [-0.25, -0.2) is 0 Å². The number of hydrogen-bond acceptors (Lipinski definition) is 4. The van der Waals surface area contributed by atoms with E-state index < -0.39 is 0 Å². The van der Waals surface area contributed by atoms with Gasteiger partial charge in [0.1, 0.15) is 0 Å². The summed E-state index contributed by atoms with van der Waals surface area (Å²) in [7, 11) is 0. The summed E-state index contributed by atoms with van der Waals surface area (Å²) in [5, 5.41) is 0. The van der Waals surface area contributed by atoms with E-state index in [0.29, 0.717) is 12.6 Å². The van der Waals surface area contributed by atoms with Gasteiger partial charge in [0, 0.05) is 48.6 Å². The summed E-state index contributed by atoms with van der Waals surface area (Å²) in [5.74, 6) is 0.996. The second-order valence-electron chi connectivity index (χ2n) is 5.80. The molecule has 0 bridgehead atoms. The number of nitrogens with zero attached hydrogens (tertiary/aromatic N) is 2. The van der Waals surface area contributed by atoms with Crippen LogP contribution in [0, 0.1) is 5.92 Å². The van der Waals surface area contributed by atoms with Crippen molar-refractivity contribution in [3.63, 3.8) is 0 Å². The third-order valence-electron chi connectivity index (χ3n) is 4.28. The van der Waals surface area contributed by atoms with Crippen LogP contribution in [0.1, 0.15) is 23.8 Å². The molecule has 1 aliphatic heterocycles. The molecule has 2 aliphatic rings. The van der Waals surface area contributed by atoms with Crippen molar-refractivity contribution < 1.29 is 0 Å². The lowest BCUT2D eigenvalue weighted by Gasteiger charge is -2.38. The molecule has 1 unspecified atom stereocenters. The quantitative estimate of drug-likeness (QED) is 0.789. The average molecular weight is 423 g/mol. The highest BCUT2D eigenvalue weighted by Gasteiger charge is 2.29. The minimum atomic E-state index is 0.366. The molecular weight excluding hydrogens is 402 g/mol.